The minimum atomic E-state index is -1.62. The van der Waals surface area contributed by atoms with Gasteiger partial charge in [0.15, 0.2) is 6.61 Å². The molecule has 0 bridgehead atoms. The molecule has 3 rings (SSSR count). The van der Waals surface area contributed by atoms with Crippen molar-refractivity contribution in [2.24, 2.45) is 0 Å². The summed E-state index contributed by atoms with van der Waals surface area (Å²) in [6.45, 7) is -0.404. The number of nitrogens with one attached hydrogen (secondary N) is 2. The van der Waals surface area contributed by atoms with Crippen molar-refractivity contribution in [3.8, 4) is 11.5 Å². The molecule has 195 valence electrons. The number of carboxylic acid groups (broad SMARTS) is 2. The maximum absolute atomic E-state index is 13.0. The third-order valence-corrected chi connectivity index (χ3v) is 5.07. The van der Waals surface area contributed by atoms with Gasteiger partial charge in [0.2, 0.25) is 5.91 Å². The Morgan fingerprint density at radius 3 is 1.97 bits per heavy atom. The van der Waals surface area contributed by atoms with E-state index in [4.69, 9.17) is 9.47 Å². The minimum absolute atomic E-state index is 0. The number of amides is 2. The van der Waals surface area contributed by atoms with E-state index in [0.29, 0.717) is 11.3 Å². The molecule has 0 aromatic heterocycles. The summed E-state index contributed by atoms with van der Waals surface area (Å²) >= 11 is 0. The van der Waals surface area contributed by atoms with E-state index in [2.05, 4.69) is 10.6 Å². The quantitative estimate of drug-likeness (QED) is 0.313. The molecule has 0 fully saturated rings. The zero-order valence-electron chi connectivity index (χ0n) is 19.5. The Morgan fingerprint density at radius 1 is 0.838 bits per heavy atom. The van der Waals surface area contributed by atoms with Crippen molar-refractivity contribution < 1.29 is 55.9 Å². The van der Waals surface area contributed by atoms with Crippen LogP contribution in [0.4, 0.5) is 0 Å². The average Bonchev–Trinajstić information content (AvgIpc) is 2.89. The van der Waals surface area contributed by atoms with Crippen LogP contribution in [0.3, 0.4) is 0 Å². The van der Waals surface area contributed by atoms with Crippen molar-refractivity contribution in [3.63, 3.8) is 0 Å². The molecule has 3 aromatic carbocycles. The largest absolute Gasteiger partial charge is 2.00 e. The Labute approximate surface area is 223 Å². The Balaban J connectivity index is 0.00000481. The number of carboxylic acids is 2. The van der Waals surface area contributed by atoms with Gasteiger partial charge in [-0.25, -0.2) is 0 Å². The van der Waals surface area contributed by atoms with Crippen LogP contribution in [0.5, 0.6) is 11.5 Å². The predicted molar refractivity (Wildman–Crippen MR) is 123 cm³/mol. The topological polar surface area (TPSA) is 157 Å². The van der Waals surface area contributed by atoms with E-state index in [0.717, 1.165) is 23.8 Å². The van der Waals surface area contributed by atoms with Crippen LogP contribution >= 0.6 is 0 Å². The number of benzene rings is 3. The normalized spacial score (nSPS) is 10.8. The monoisotopic (exact) mass is 553 g/mol. The molecule has 0 heterocycles. The fraction of sp³-hybridized carbons (Fsp3) is 0.154. The molecular formula is C26H22CuN2O8. The summed E-state index contributed by atoms with van der Waals surface area (Å²) in [5.41, 5.74) is 0.442. The maximum atomic E-state index is 13.0. The van der Waals surface area contributed by atoms with E-state index >= 15 is 0 Å². The van der Waals surface area contributed by atoms with Crippen LogP contribution in [0, 0.1) is 0 Å². The van der Waals surface area contributed by atoms with Gasteiger partial charge in [0, 0.05) is 17.7 Å². The third-order valence-electron chi connectivity index (χ3n) is 5.07. The number of hydrogen-bond donors (Lipinski definition) is 2. The molecule has 2 N–H and O–H groups in total. The maximum Gasteiger partial charge on any atom is 2.00 e. The van der Waals surface area contributed by atoms with E-state index in [1.54, 1.807) is 61.7 Å². The Kier molecular flexibility index (Phi) is 10.7. The van der Waals surface area contributed by atoms with E-state index in [-0.39, 0.29) is 29.4 Å². The summed E-state index contributed by atoms with van der Waals surface area (Å²) in [7, 11) is 1.55. The van der Waals surface area contributed by atoms with Crippen molar-refractivity contribution in [1.82, 2.24) is 10.6 Å². The van der Waals surface area contributed by atoms with Gasteiger partial charge in [-0.05, 0) is 41.5 Å². The molecule has 0 unspecified atom stereocenters. The second-order valence-corrected chi connectivity index (χ2v) is 7.59. The van der Waals surface area contributed by atoms with E-state index in [9.17, 15) is 29.4 Å². The van der Waals surface area contributed by atoms with Gasteiger partial charge in [-0.3, -0.25) is 9.59 Å². The summed E-state index contributed by atoms with van der Waals surface area (Å²) in [4.78, 5) is 47.8. The molecule has 2 amide bonds. The van der Waals surface area contributed by atoms with Gasteiger partial charge < -0.3 is 39.9 Å². The number of carbonyl (C=O) groups is 4. The number of methoxy groups -OCH3 is 1. The van der Waals surface area contributed by atoms with Gasteiger partial charge in [0.05, 0.1) is 19.0 Å². The molecule has 0 saturated heterocycles. The molecule has 0 saturated carbocycles. The molecule has 37 heavy (non-hydrogen) atoms. The van der Waals surface area contributed by atoms with Crippen molar-refractivity contribution in [2.45, 2.75) is 12.6 Å². The van der Waals surface area contributed by atoms with Crippen molar-refractivity contribution in [2.75, 3.05) is 13.7 Å². The Bertz CT molecular complexity index is 1220. The predicted octanol–water partition coefficient (Wildman–Crippen LogP) is -0.0276. The molecule has 1 radical (unpaired) electrons. The summed E-state index contributed by atoms with van der Waals surface area (Å²) in [5, 5.41) is 27.6. The average molecular weight is 554 g/mol. The van der Waals surface area contributed by atoms with E-state index < -0.39 is 47.5 Å². The number of ether oxygens (including phenoxy) is 2. The Hall–Kier alpha value is -4.34. The second kappa shape index (κ2) is 13.7. The summed E-state index contributed by atoms with van der Waals surface area (Å²) in [6, 6.07) is 17.5. The first-order valence-corrected chi connectivity index (χ1v) is 10.7. The first-order chi connectivity index (χ1) is 17.3. The smallest absolute Gasteiger partial charge is 0.545 e. The molecule has 10 nitrogen and oxygen atoms in total. The molecule has 0 aliphatic heterocycles. The molecule has 0 spiro atoms. The Morgan fingerprint density at radius 2 is 1.43 bits per heavy atom. The van der Waals surface area contributed by atoms with Crippen LogP contribution < -0.4 is 30.3 Å². The number of hydrogen-bond acceptors (Lipinski definition) is 8. The first kappa shape index (κ1) is 28.9. The van der Waals surface area contributed by atoms with Gasteiger partial charge >= 0.3 is 17.1 Å². The van der Waals surface area contributed by atoms with Crippen molar-refractivity contribution >= 4 is 23.8 Å². The standard InChI is InChI=1S/C26H24N2O8.Cu/c1-35-20-9-7-16(8-10-20)14-27-24(30)23(17-5-3-2-4-6-17)28-22(29)15-36-21-12-18(25(31)32)11-19(13-21)26(33)34;/h2-13,23H,14-15H2,1H3,(H,27,30)(H,28,29)(H,31,32)(H,33,34);/q;+2/p-2/t23-;/m0./s1. The zero-order valence-corrected chi connectivity index (χ0v) is 20.4. The van der Waals surface area contributed by atoms with Crippen LogP contribution in [0.1, 0.15) is 37.9 Å². The molecule has 0 aliphatic carbocycles. The molecular weight excluding hydrogens is 532 g/mol. The van der Waals surface area contributed by atoms with Crippen LogP contribution in [-0.2, 0) is 33.2 Å². The van der Waals surface area contributed by atoms with Gasteiger partial charge in [0.25, 0.3) is 5.91 Å². The number of aromatic carboxylic acids is 2. The van der Waals surface area contributed by atoms with Gasteiger partial charge in [-0.1, -0.05) is 42.5 Å². The van der Waals surface area contributed by atoms with Gasteiger partial charge in [-0.15, -0.1) is 0 Å². The SMILES string of the molecule is COc1ccc(CNC(=O)[C@@H](NC(=O)COc2cc(C(=O)[O-])cc(C(=O)[O-])c2)c2ccccc2)cc1.[Cu+2]. The molecule has 1 atom stereocenters. The molecule has 0 aliphatic rings. The fourth-order valence-corrected chi connectivity index (χ4v) is 3.25. The summed E-state index contributed by atoms with van der Waals surface area (Å²) in [6.07, 6.45) is 0. The van der Waals surface area contributed by atoms with Crippen molar-refractivity contribution in [1.29, 1.82) is 0 Å². The van der Waals surface area contributed by atoms with Crippen LogP contribution in [-0.4, -0.2) is 37.5 Å². The van der Waals surface area contributed by atoms with E-state index in [1.807, 2.05) is 0 Å². The zero-order chi connectivity index (χ0) is 26.1. The number of rotatable bonds is 11. The van der Waals surface area contributed by atoms with Gasteiger partial charge in [0.1, 0.15) is 17.5 Å². The third kappa shape index (κ3) is 8.38. The van der Waals surface area contributed by atoms with Crippen molar-refractivity contribution in [3.05, 3.63) is 95.1 Å². The van der Waals surface area contributed by atoms with Gasteiger partial charge in [-0.2, -0.15) is 0 Å². The fourth-order valence-electron chi connectivity index (χ4n) is 3.25. The first-order valence-electron chi connectivity index (χ1n) is 10.7. The van der Waals surface area contributed by atoms with Crippen LogP contribution in [0.25, 0.3) is 0 Å². The number of carbonyl (C=O) groups excluding carboxylic acids is 4. The second-order valence-electron chi connectivity index (χ2n) is 7.59. The minimum Gasteiger partial charge on any atom is -0.545 e. The summed E-state index contributed by atoms with van der Waals surface area (Å²) in [5.74, 6) is -3.92. The van der Waals surface area contributed by atoms with Crippen LogP contribution in [0.15, 0.2) is 72.8 Å². The summed E-state index contributed by atoms with van der Waals surface area (Å²) < 4.78 is 10.4. The molecule has 3 aromatic rings. The molecule has 11 heteroatoms. The van der Waals surface area contributed by atoms with E-state index in [1.165, 1.54) is 0 Å². The van der Waals surface area contributed by atoms with Crippen LogP contribution in [0.2, 0.25) is 0 Å².